The van der Waals surface area contributed by atoms with Crippen LogP contribution >= 0.6 is 0 Å². The number of sulfonamides is 1. The number of hydrogen-bond acceptors (Lipinski definition) is 4. The van der Waals surface area contributed by atoms with Gasteiger partial charge in [-0.25, -0.2) is 13.6 Å². The van der Waals surface area contributed by atoms with E-state index in [9.17, 15) is 8.42 Å². The van der Waals surface area contributed by atoms with E-state index in [1.165, 1.54) is 12.1 Å². The van der Waals surface area contributed by atoms with E-state index < -0.39 is 10.0 Å². The SMILES string of the molecule is CCOCC(Nc1ccc(S(N)(=O)=O)cc1)C(C)C. The molecule has 6 heteroatoms. The topological polar surface area (TPSA) is 81.4 Å². The highest BCUT2D eigenvalue weighted by Crippen LogP contribution is 2.16. The van der Waals surface area contributed by atoms with Crippen LogP contribution in [0.2, 0.25) is 0 Å². The van der Waals surface area contributed by atoms with Gasteiger partial charge in [0, 0.05) is 12.3 Å². The van der Waals surface area contributed by atoms with E-state index >= 15 is 0 Å². The van der Waals surface area contributed by atoms with Crippen LogP contribution in [-0.4, -0.2) is 27.7 Å². The summed E-state index contributed by atoms with van der Waals surface area (Å²) in [6, 6.07) is 6.59. The molecule has 0 amide bonds. The summed E-state index contributed by atoms with van der Waals surface area (Å²) in [6.45, 7) is 7.46. The summed E-state index contributed by atoms with van der Waals surface area (Å²) >= 11 is 0. The quantitative estimate of drug-likeness (QED) is 0.801. The first-order valence-corrected chi connectivity index (χ1v) is 7.86. The predicted octanol–water partition coefficient (Wildman–Crippen LogP) is 1.81. The Morgan fingerprint density at radius 3 is 2.26 bits per heavy atom. The molecule has 0 radical (unpaired) electrons. The van der Waals surface area contributed by atoms with Crippen LogP contribution in [0.3, 0.4) is 0 Å². The normalized spacial score (nSPS) is 13.5. The number of ether oxygens (including phenoxy) is 1. The zero-order chi connectivity index (χ0) is 14.5. The monoisotopic (exact) mass is 286 g/mol. The lowest BCUT2D eigenvalue weighted by Crippen LogP contribution is -2.30. The van der Waals surface area contributed by atoms with E-state index in [1.807, 2.05) is 6.92 Å². The molecule has 19 heavy (non-hydrogen) atoms. The van der Waals surface area contributed by atoms with Gasteiger partial charge in [-0.15, -0.1) is 0 Å². The van der Waals surface area contributed by atoms with Gasteiger partial charge < -0.3 is 10.1 Å². The highest BCUT2D eigenvalue weighted by Gasteiger charge is 2.14. The van der Waals surface area contributed by atoms with Gasteiger partial charge in [-0.3, -0.25) is 0 Å². The molecule has 0 aromatic heterocycles. The smallest absolute Gasteiger partial charge is 0.238 e. The Labute approximate surface area is 115 Å². The molecule has 5 nitrogen and oxygen atoms in total. The first kappa shape index (κ1) is 15.9. The van der Waals surface area contributed by atoms with Crippen molar-refractivity contribution in [3.63, 3.8) is 0 Å². The second-order valence-corrected chi connectivity index (χ2v) is 6.29. The number of anilines is 1. The van der Waals surface area contributed by atoms with Gasteiger partial charge in [0.05, 0.1) is 17.5 Å². The summed E-state index contributed by atoms with van der Waals surface area (Å²) < 4.78 is 27.7. The van der Waals surface area contributed by atoms with Crippen LogP contribution in [0.25, 0.3) is 0 Å². The third-order valence-electron chi connectivity index (χ3n) is 2.84. The number of primary sulfonamides is 1. The molecule has 1 aromatic rings. The van der Waals surface area contributed by atoms with Crippen LogP contribution in [0, 0.1) is 5.92 Å². The van der Waals surface area contributed by atoms with E-state index in [2.05, 4.69) is 19.2 Å². The molecule has 0 aliphatic rings. The summed E-state index contributed by atoms with van der Waals surface area (Å²) in [7, 11) is -3.63. The maximum absolute atomic E-state index is 11.2. The van der Waals surface area contributed by atoms with E-state index in [0.29, 0.717) is 19.1 Å². The van der Waals surface area contributed by atoms with Crippen LogP contribution in [0.4, 0.5) is 5.69 Å². The predicted molar refractivity (Wildman–Crippen MR) is 76.6 cm³/mol. The Morgan fingerprint density at radius 2 is 1.84 bits per heavy atom. The Balaban J connectivity index is 2.75. The molecule has 3 N–H and O–H groups in total. The van der Waals surface area contributed by atoms with Crippen molar-refractivity contribution in [2.75, 3.05) is 18.5 Å². The van der Waals surface area contributed by atoms with E-state index in [0.717, 1.165) is 5.69 Å². The second kappa shape index (κ2) is 6.88. The lowest BCUT2D eigenvalue weighted by atomic mass is 10.1. The molecular formula is C13H22N2O3S. The molecule has 0 heterocycles. The molecule has 1 aromatic carbocycles. The maximum Gasteiger partial charge on any atom is 0.238 e. The van der Waals surface area contributed by atoms with Gasteiger partial charge in [0.15, 0.2) is 0 Å². The lowest BCUT2D eigenvalue weighted by molar-refractivity contribution is 0.127. The van der Waals surface area contributed by atoms with Gasteiger partial charge in [0.1, 0.15) is 0 Å². The lowest BCUT2D eigenvalue weighted by Gasteiger charge is -2.23. The van der Waals surface area contributed by atoms with E-state index in [1.54, 1.807) is 12.1 Å². The fourth-order valence-corrected chi connectivity index (χ4v) is 2.12. The zero-order valence-electron chi connectivity index (χ0n) is 11.6. The van der Waals surface area contributed by atoms with Gasteiger partial charge in [-0.2, -0.15) is 0 Å². The van der Waals surface area contributed by atoms with Crippen molar-refractivity contribution in [2.24, 2.45) is 11.1 Å². The second-order valence-electron chi connectivity index (χ2n) is 4.72. The summed E-state index contributed by atoms with van der Waals surface area (Å²) in [5.41, 5.74) is 0.853. The molecular weight excluding hydrogens is 264 g/mol. The summed E-state index contributed by atoms with van der Waals surface area (Å²) in [5.74, 6) is 0.407. The minimum atomic E-state index is -3.63. The first-order chi connectivity index (χ1) is 8.84. The van der Waals surface area contributed by atoms with Gasteiger partial charge in [-0.05, 0) is 37.1 Å². The summed E-state index contributed by atoms with van der Waals surface area (Å²) in [5, 5.41) is 8.39. The number of rotatable bonds is 7. The highest BCUT2D eigenvalue weighted by molar-refractivity contribution is 7.89. The van der Waals surface area contributed by atoms with Crippen LogP contribution < -0.4 is 10.5 Å². The van der Waals surface area contributed by atoms with Crippen molar-refractivity contribution in [2.45, 2.75) is 31.7 Å². The molecule has 0 bridgehead atoms. The summed E-state index contributed by atoms with van der Waals surface area (Å²) in [6.07, 6.45) is 0. The molecule has 0 saturated heterocycles. The van der Waals surface area contributed by atoms with Crippen molar-refractivity contribution in [1.82, 2.24) is 0 Å². The standard InChI is InChI=1S/C13H22N2O3S/c1-4-18-9-13(10(2)3)15-11-5-7-12(8-6-11)19(14,16)17/h5-8,10,13,15H,4,9H2,1-3H3,(H2,14,16,17). The van der Waals surface area contributed by atoms with Crippen LogP contribution in [0.1, 0.15) is 20.8 Å². The van der Waals surface area contributed by atoms with Gasteiger partial charge >= 0.3 is 0 Å². The molecule has 0 aliphatic carbocycles. The Morgan fingerprint density at radius 1 is 1.26 bits per heavy atom. The number of hydrogen-bond donors (Lipinski definition) is 2. The van der Waals surface area contributed by atoms with Gasteiger partial charge in [-0.1, -0.05) is 13.8 Å². The average molecular weight is 286 g/mol. The minimum absolute atomic E-state index is 0.115. The van der Waals surface area contributed by atoms with E-state index in [4.69, 9.17) is 9.88 Å². The van der Waals surface area contributed by atoms with Crippen molar-refractivity contribution in [3.05, 3.63) is 24.3 Å². The third kappa shape index (κ3) is 5.18. The van der Waals surface area contributed by atoms with Gasteiger partial charge in [0.25, 0.3) is 0 Å². The zero-order valence-corrected chi connectivity index (χ0v) is 12.4. The largest absolute Gasteiger partial charge is 0.380 e. The van der Waals surface area contributed by atoms with Gasteiger partial charge in [0.2, 0.25) is 10.0 Å². The van der Waals surface area contributed by atoms with Crippen LogP contribution in [0.15, 0.2) is 29.2 Å². The molecule has 1 rings (SSSR count). The molecule has 0 fully saturated rings. The molecule has 1 unspecified atom stereocenters. The van der Waals surface area contributed by atoms with E-state index in [-0.39, 0.29) is 10.9 Å². The highest BCUT2D eigenvalue weighted by atomic mass is 32.2. The first-order valence-electron chi connectivity index (χ1n) is 6.31. The molecule has 0 aliphatic heterocycles. The van der Waals surface area contributed by atoms with Crippen LogP contribution in [-0.2, 0) is 14.8 Å². The van der Waals surface area contributed by atoms with Crippen LogP contribution in [0.5, 0.6) is 0 Å². The molecule has 108 valence electrons. The fourth-order valence-electron chi connectivity index (χ4n) is 1.60. The van der Waals surface area contributed by atoms with Crippen molar-refractivity contribution in [3.8, 4) is 0 Å². The number of nitrogens with one attached hydrogen (secondary N) is 1. The number of benzene rings is 1. The Hall–Kier alpha value is -1.11. The Kier molecular flexibility index (Phi) is 5.78. The summed E-state index contributed by atoms with van der Waals surface area (Å²) in [4.78, 5) is 0.115. The maximum atomic E-state index is 11.2. The molecule has 0 saturated carbocycles. The minimum Gasteiger partial charge on any atom is -0.380 e. The van der Waals surface area contributed by atoms with Crippen molar-refractivity contribution < 1.29 is 13.2 Å². The van der Waals surface area contributed by atoms with Crippen molar-refractivity contribution >= 4 is 15.7 Å². The number of nitrogens with two attached hydrogens (primary N) is 1. The molecule has 0 spiro atoms. The average Bonchev–Trinajstić information content (AvgIpc) is 2.33. The fraction of sp³-hybridized carbons (Fsp3) is 0.538. The third-order valence-corrected chi connectivity index (χ3v) is 3.77. The van der Waals surface area contributed by atoms with Crippen molar-refractivity contribution in [1.29, 1.82) is 0 Å². The molecule has 1 atom stereocenters. The Bertz CT molecular complexity index is 483.